The first-order valence-electron chi connectivity index (χ1n) is 5.50. The van der Waals surface area contributed by atoms with E-state index in [0.717, 1.165) is 0 Å². The number of esters is 1. The molecule has 0 amide bonds. The predicted molar refractivity (Wildman–Crippen MR) is 56.6 cm³/mol. The highest BCUT2D eigenvalue weighted by molar-refractivity contribution is 5.72. The Kier molecular flexibility index (Phi) is 5.21. The van der Waals surface area contributed by atoms with Crippen LogP contribution in [0.4, 0.5) is 0 Å². The number of aliphatic carboxylic acids is 1. The molecule has 0 bridgehead atoms. The number of carboxylic acid groups (broad SMARTS) is 1. The molecule has 92 valence electrons. The smallest absolute Gasteiger partial charge is 0.318 e. The zero-order valence-electron chi connectivity index (χ0n) is 9.44. The zero-order valence-corrected chi connectivity index (χ0v) is 9.44. The van der Waals surface area contributed by atoms with Gasteiger partial charge < -0.3 is 9.84 Å². The van der Waals surface area contributed by atoms with Crippen molar-refractivity contribution in [2.75, 3.05) is 26.2 Å². The van der Waals surface area contributed by atoms with Crippen molar-refractivity contribution in [1.82, 2.24) is 10.4 Å². The van der Waals surface area contributed by atoms with Crippen LogP contribution in [0.5, 0.6) is 0 Å². The molecule has 16 heavy (non-hydrogen) atoms. The normalized spacial score (nSPS) is 18.3. The number of hydrogen-bond acceptors (Lipinski definition) is 5. The Hall–Kier alpha value is -1.14. The second kappa shape index (κ2) is 6.44. The Balaban J connectivity index is 2.23. The van der Waals surface area contributed by atoms with Crippen molar-refractivity contribution >= 4 is 11.9 Å². The summed E-state index contributed by atoms with van der Waals surface area (Å²) in [5.74, 6) is -1.06. The molecule has 0 aliphatic carbocycles. The van der Waals surface area contributed by atoms with Gasteiger partial charge in [-0.15, -0.1) is 0 Å². The topological polar surface area (TPSA) is 78.9 Å². The molecule has 2 N–H and O–H groups in total. The van der Waals surface area contributed by atoms with Crippen LogP contribution in [-0.4, -0.2) is 48.3 Å². The lowest BCUT2D eigenvalue weighted by atomic mass is 9.98. The van der Waals surface area contributed by atoms with Gasteiger partial charge in [0.25, 0.3) is 0 Å². The maximum absolute atomic E-state index is 11.4. The summed E-state index contributed by atoms with van der Waals surface area (Å²) >= 11 is 0. The number of carboxylic acids is 1. The molecule has 0 unspecified atom stereocenters. The number of ether oxygens (including phenoxy) is 1. The van der Waals surface area contributed by atoms with Crippen LogP contribution in [0.15, 0.2) is 0 Å². The molecule has 0 spiro atoms. The van der Waals surface area contributed by atoms with Gasteiger partial charge in [-0.05, 0) is 19.8 Å². The van der Waals surface area contributed by atoms with Crippen LogP contribution in [0.25, 0.3) is 0 Å². The van der Waals surface area contributed by atoms with Gasteiger partial charge in [0, 0.05) is 13.1 Å². The maximum Gasteiger partial charge on any atom is 0.318 e. The predicted octanol–water partition coefficient (Wildman–Crippen LogP) is -0.149. The average molecular weight is 230 g/mol. The molecule has 1 aliphatic heterocycles. The van der Waals surface area contributed by atoms with Gasteiger partial charge in [-0.3, -0.25) is 9.59 Å². The van der Waals surface area contributed by atoms with Crippen molar-refractivity contribution < 1.29 is 19.4 Å². The van der Waals surface area contributed by atoms with Crippen molar-refractivity contribution in [2.45, 2.75) is 19.8 Å². The third kappa shape index (κ3) is 4.16. The van der Waals surface area contributed by atoms with E-state index in [0.29, 0.717) is 32.5 Å². The van der Waals surface area contributed by atoms with Crippen LogP contribution in [0.3, 0.4) is 0 Å². The fourth-order valence-corrected chi connectivity index (χ4v) is 1.71. The van der Waals surface area contributed by atoms with E-state index < -0.39 is 5.97 Å². The molecule has 1 aliphatic rings. The van der Waals surface area contributed by atoms with E-state index in [2.05, 4.69) is 5.43 Å². The first kappa shape index (κ1) is 12.9. The first-order valence-corrected chi connectivity index (χ1v) is 5.50. The van der Waals surface area contributed by atoms with Crippen LogP contribution in [-0.2, 0) is 14.3 Å². The van der Waals surface area contributed by atoms with Crippen LogP contribution in [0.1, 0.15) is 19.8 Å². The Labute approximate surface area is 94.5 Å². The van der Waals surface area contributed by atoms with Crippen LogP contribution in [0.2, 0.25) is 0 Å². The number of carbonyl (C=O) groups excluding carboxylic acids is 1. The van der Waals surface area contributed by atoms with Crippen LogP contribution in [0, 0.1) is 5.92 Å². The lowest BCUT2D eigenvalue weighted by Gasteiger charge is -2.30. The van der Waals surface area contributed by atoms with Gasteiger partial charge in [0.15, 0.2) is 0 Å². The molecule has 1 saturated heterocycles. The Morgan fingerprint density at radius 3 is 2.56 bits per heavy atom. The summed E-state index contributed by atoms with van der Waals surface area (Å²) in [5, 5.41) is 10.3. The lowest BCUT2D eigenvalue weighted by molar-refractivity contribution is -0.150. The third-order valence-corrected chi connectivity index (χ3v) is 2.57. The van der Waals surface area contributed by atoms with Gasteiger partial charge in [0.2, 0.25) is 0 Å². The van der Waals surface area contributed by atoms with E-state index in [9.17, 15) is 9.59 Å². The van der Waals surface area contributed by atoms with Gasteiger partial charge in [-0.1, -0.05) is 0 Å². The minimum Gasteiger partial charge on any atom is -0.480 e. The molecule has 0 aromatic carbocycles. The SMILES string of the molecule is CCOC(=O)C1CCN(NCC(=O)O)CC1. The first-order chi connectivity index (χ1) is 7.63. The molecule has 0 aromatic heterocycles. The molecule has 0 saturated carbocycles. The highest BCUT2D eigenvalue weighted by atomic mass is 16.5. The van der Waals surface area contributed by atoms with Crippen molar-refractivity contribution in [1.29, 1.82) is 0 Å². The summed E-state index contributed by atoms with van der Waals surface area (Å²) in [4.78, 5) is 21.8. The fourth-order valence-electron chi connectivity index (χ4n) is 1.71. The standard InChI is InChI=1S/C10H18N2O4/c1-2-16-10(15)8-3-5-12(6-4-8)11-7-9(13)14/h8,11H,2-7H2,1H3,(H,13,14). The third-order valence-electron chi connectivity index (χ3n) is 2.57. The van der Waals surface area contributed by atoms with E-state index in [1.54, 1.807) is 6.92 Å². The molecule has 6 nitrogen and oxygen atoms in total. The Bertz CT molecular complexity index is 249. The maximum atomic E-state index is 11.4. The van der Waals surface area contributed by atoms with Crippen molar-refractivity contribution in [3.05, 3.63) is 0 Å². The zero-order chi connectivity index (χ0) is 12.0. The number of carbonyl (C=O) groups is 2. The minimum atomic E-state index is -0.882. The number of hydrogen-bond donors (Lipinski definition) is 2. The number of piperidine rings is 1. The Morgan fingerprint density at radius 1 is 1.44 bits per heavy atom. The average Bonchev–Trinajstić information content (AvgIpc) is 2.27. The minimum absolute atomic E-state index is 0.0390. The van der Waals surface area contributed by atoms with Crippen molar-refractivity contribution in [3.63, 3.8) is 0 Å². The summed E-state index contributed by atoms with van der Waals surface area (Å²) in [5.41, 5.74) is 2.79. The van der Waals surface area contributed by atoms with Gasteiger partial charge >= 0.3 is 11.9 Å². The van der Waals surface area contributed by atoms with Crippen LogP contribution >= 0.6 is 0 Å². The van der Waals surface area contributed by atoms with E-state index in [1.165, 1.54) is 0 Å². The van der Waals surface area contributed by atoms with Crippen molar-refractivity contribution in [3.8, 4) is 0 Å². The van der Waals surface area contributed by atoms with E-state index in [1.807, 2.05) is 5.01 Å². The number of nitrogens with one attached hydrogen (secondary N) is 1. The molecular formula is C10H18N2O4. The number of rotatable bonds is 5. The van der Waals surface area contributed by atoms with Crippen LogP contribution < -0.4 is 5.43 Å². The van der Waals surface area contributed by atoms with Gasteiger partial charge in [-0.2, -0.15) is 0 Å². The van der Waals surface area contributed by atoms with Gasteiger partial charge in [0.05, 0.1) is 12.5 Å². The summed E-state index contributed by atoms with van der Waals surface area (Å²) in [7, 11) is 0. The summed E-state index contributed by atoms with van der Waals surface area (Å²) < 4.78 is 4.94. The van der Waals surface area contributed by atoms with Gasteiger partial charge in [-0.25, -0.2) is 10.4 Å². The van der Waals surface area contributed by atoms with E-state index >= 15 is 0 Å². The van der Waals surface area contributed by atoms with E-state index in [-0.39, 0.29) is 18.4 Å². The second-order valence-electron chi connectivity index (χ2n) is 3.74. The molecule has 1 rings (SSSR count). The number of hydrazine groups is 1. The summed E-state index contributed by atoms with van der Waals surface area (Å²) in [6, 6.07) is 0. The molecular weight excluding hydrogens is 212 g/mol. The second-order valence-corrected chi connectivity index (χ2v) is 3.74. The van der Waals surface area contributed by atoms with Crippen molar-refractivity contribution in [2.24, 2.45) is 5.92 Å². The molecule has 1 heterocycles. The highest BCUT2D eigenvalue weighted by Gasteiger charge is 2.25. The molecule has 6 heteroatoms. The molecule has 0 atom stereocenters. The van der Waals surface area contributed by atoms with Gasteiger partial charge in [0.1, 0.15) is 6.54 Å². The lowest BCUT2D eigenvalue weighted by Crippen LogP contribution is -2.46. The number of nitrogens with zero attached hydrogens (tertiary/aromatic N) is 1. The molecule has 0 aromatic rings. The summed E-state index contributed by atoms with van der Waals surface area (Å²) in [6.45, 7) is 3.48. The molecule has 0 radical (unpaired) electrons. The largest absolute Gasteiger partial charge is 0.480 e. The molecule has 1 fully saturated rings. The Morgan fingerprint density at radius 2 is 2.06 bits per heavy atom. The van der Waals surface area contributed by atoms with E-state index in [4.69, 9.17) is 9.84 Å². The quantitative estimate of drug-likeness (QED) is 0.639. The summed E-state index contributed by atoms with van der Waals surface area (Å²) in [6.07, 6.45) is 1.43. The highest BCUT2D eigenvalue weighted by Crippen LogP contribution is 2.17. The monoisotopic (exact) mass is 230 g/mol. The fraction of sp³-hybridized carbons (Fsp3) is 0.800.